The first-order valence-electron chi connectivity index (χ1n) is 8.09. The lowest BCUT2D eigenvalue weighted by Gasteiger charge is -2.26. The van der Waals surface area contributed by atoms with Crippen LogP contribution in [0.1, 0.15) is 43.7 Å². The highest BCUT2D eigenvalue weighted by atomic mass is 16.6. The molecule has 1 aromatic carbocycles. The molecule has 0 fully saturated rings. The van der Waals surface area contributed by atoms with Crippen molar-refractivity contribution < 1.29 is 13.9 Å². The molecule has 0 radical (unpaired) electrons. The van der Waals surface area contributed by atoms with E-state index in [2.05, 4.69) is 10.3 Å². The molecule has 1 unspecified atom stereocenters. The molecule has 5 nitrogen and oxygen atoms in total. The molecule has 2 heterocycles. The van der Waals surface area contributed by atoms with Crippen LogP contribution in [-0.2, 0) is 22.5 Å². The predicted molar refractivity (Wildman–Crippen MR) is 92.0 cm³/mol. The molecule has 0 spiro atoms. The van der Waals surface area contributed by atoms with Crippen LogP contribution in [0.3, 0.4) is 0 Å². The second-order valence-corrected chi connectivity index (χ2v) is 6.84. The summed E-state index contributed by atoms with van der Waals surface area (Å²) in [5, 5.41) is 3.15. The summed E-state index contributed by atoms with van der Waals surface area (Å²) in [6, 6.07) is 9.58. The molecule has 0 bridgehead atoms. The van der Waals surface area contributed by atoms with Crippen molar-refractivity contribution in [3.63, 3.8) is 0 Å². The fraction of sp³-hybridized carbons (Fsp3) is 0.368. The smallest absolute Gasteiger partial charge is 0.324 e. The van der Waals surface area contributed by atoms with Crippen LogP contribution in [0.25, 0.3) is 12.2 Å². The number of rotatable bonds is 3. The van der Waals surface area contributed by atoms with Crippen LogP contribution in [0, 0.1) is 0 Å². The van der Waals surface area contributed by atoms with Crippen molar-refractivity contribution in [3.8, 4) is 0 Å². The van der Waals surface area contributed by atoms with Crippen molar-refractivity contribution in [2.75, 3.05) is 0 Å². The van der Waals surface area contributed by atoms with Gasteiger partial charge in [-0.1, -0.05) is 30.3 Å². The van der Waals surface area contributed by atoms with E-state index in [0.29, 0.717) is 18.9 Å². The molecule has 0 amide bonds. The Morgan fingerprint density at radius 3 is 2.75 bits per heavy atom. The molecule has 0 aliphatic carbocycles. The standard InChI is InChI=1S/C19H22N2O3/c1-19(2,3)24-18(22)15-11-14-16(12-20-15)23-17(21-14)10-9-13-7-5-4-6-8-13/h4-10,15,20H,11-12H2,1-3H3/b10-9+. The summed E-state index contributed by atoms with van der Waals surface area (Å²) in [6.07, 6.45) is 4.28. The van der Waals surface area contributed by atoms with Crippen LogP contribution in [-0.4, -0.2) is 22.6 Å². The molecule has 24 heavy (non-hydrogen) atoms. The zero-order chi connectivity index (χ0) is 17.2. The van der Waals surface area contributed by atoms with Gasteiger partial charge in [0.2, 0.25) is 5.89 Å². The zero-order valence-corrected chi connectivity index (χ0v) is 14.2. The number of nitrogens with zero attached hydrogens (tertiary/aromatic N) is 1. The van der Waals surface area contributed by atoms with E-state index in [-0.39, 0.29) is 12.0 Å². The minimum atomic E-state index is -0.494. The lowest BCUT2D eigenvalue weighted by Crippen LogP contribution is -2.44. The summed E-state index contributed by atoms with van der Waals surface area (Å²) in [5.74, 6) is 1.08. The summed E-state index contributed by atoms with van der Waals surface area (Å²) >= 11 is 0. The van der Waals surface area contributed by atoms with Crippen LogP contribution in [0.2, 0.25) is 0 Å². The molecule has 0 saturated carbocycles. The average Bonchev–Trinajstić information content (AvgIpc) is 2.94. The van der Waals surface area contributed by atoms with E-state index < -0.39 is 5.60 Å². The summed E-state index contributed by atoms with van der Waals surface area (Å²) < 4.78 is 11.2. The molecule has 5 heteroatoms. The summed E-state index contributed by atoms with van der Waals surface area (Å²) in [5.41, 5.74) is 1.41. The van der Waals surface area contributed by atoms with Crippen LogP contribution >= 0.6 is 0 Å². The maximum atomic E-state index is 12.2. The van der Waals surface area contributed by atoms with Crippen molar-refractivity contribution in [2.24, 2.45) is 0 Å². The molecule has 3 rings (SSSR count). The predicted octanol–water partition coefficient (Wildman–Crippen LogP) is 3.20. The second kappa shape index (κ2) is 6.61. The maximum Gasteiger partial charge on any atom is 0.324 e. The largest absolute Gasteiger partial charge is 0.459 e. The van der Waals surface area contributed by atoms with Crippen LogP contribution in [0.4, 0.5) is 0 Å². The quantitative estimate of drug-likeness (QED) is 0.878. The molecule has 1 atom stereocenters. The normalized spacial score (nSPS) is 17.7. The third kappa shape index (κ3) is 4.11. The number of nitrogens with one attached hydrogen (secondary N) is 1. The fourth-order valence-corrected chi connectivity index (χ4v) is 2.52. The molecule has 1 aromatic heterocycles. The Morgan fingerprint density at radius 2 is 2.04 bits per heavy atom. The lowest BCUT2D eigenvalue weighted by molar-refractivity contribution is -0.157. The van der Waals surface area contributed by atoms with Gasteiger partial charge in [0.25, 0.3) is 0 Å². The Bertz CT molecular complexity index is 742. The van der Waals surface area contributed by atoms with Gasteiger partial charge in [-0.2, -0.15) is 0 Å². The molecular weight excluding hydrogens is 304 g/mol. The van der Waals surface area contributed by atoms with Gasteiger partial charge >= 0.3 is 5.97 Å². The molecular formula is C19H22N2O3. The number of hydrogen-bond donors (Lipinski definition) is 1. The van der Waals surface area contributed by atoms with Gasteiger partial charge in [0, 0.05) is 12.5 Å². The third-order valence-corrected chi connectivity index (χ3v) is 3.61. The van der Waals surface area contributed by atoms with Crippen molar-refractivity contribution in [2.45, 2.75) is 45.4 Å². The number of benzene rings is 1. The Labute approximate surface area is 141 Å². The minimum absolute atomic E-state index is 0.252. The van der Waals surface area contributed by atoms with E-state index in [4.69, 9.17) is 9.15 Å². The Kier molecular flexibility index (Phi) is 4.53. The molecule has 1 aliphatic rings. The van der Waals surface area contributed by atoms with Gasteiger partial charge in [-0.05, 0) is 32.4 Å². The van der Waals surface area contributed by atoms with Gasteiger partial charge in [-0.25, -0.2) is 4.98 Å². The minimum Gasteiger partial charge on any atom is -0.459 e. The zero-order valence-electron chi connectivity index (χ0n) is 14.2. The van der Waals surface area contributed by atoms with E-state index in [1.165, 1.54) is 0 Å². The number of carbonyl (C=O) groups is 1. The van der Waals surface area contributed by atoms with Crippen molar-refractivity contribution >= 4 is 18.1 Å². The van der Waals surface area contributed by atoms with Gasteiger partial charge in [-0.15, -0.1) is 0 Å². The number of esters is 1. The van der Waals surface area contributed by atoms with Gasteiger partial charge < -0.3 is 9.15 Å². The fourth-order valence-electron chi connectivity index (χ4n) is 2.52. The van der Waals surface area contributed by atoms with E-state index in [1.807, 2.05) is 63.3 Å². The topological polar surface area (TPSA) is 64.4 Å². The lowest BCUT2D eigenvalue weighted by atomic mass is 10.1. The number of ether oxygens (including phenoxy) is 1. The average molecular weight is 326 g/mol. The van der Waals surface area contributed by atoms with E-state index in [1.54, 1.807) is 0 Å². The van der Waals surface area contributed by atoms with Crippen LogP contribution in [0.5, 0.6) is 0 Å². The Morgan fingerprint density at radius 1 is 1.29 bits per heavy atom. The molecule has 126 valence electrons. The third-order valence-electron chi connectivity index (χ3n) is 3.61. The van der Waals surface area contributed by atoms with Crippen LogP contribution < -0.4 is 5.32 Å². The summed E-state index contributed by atoms with van der Waals surface area (Å²) in [7, 11) is 0. The maximum absolute atomic E-state index is 12.2. The van der Waals surface area contributed by atoms with Crippen LogP contribution in [0.15, 0.2) is 34.7 Å². The highest BCUT2D eigenvalue weighted by Gasteiger charge is 2.31. The first-order valence-corrected chi connectivity index (χ1v) is 8.09. The first kappa shape index (κ1) is 16.5. The van der Waals surface area contributed by atoms with E-state index in [9.17, 15) is 4.79 Å². The molecule has 1 aliphatic heterocycles. The van der Waals surface area contributed by atoms with Gasteiger partial charge in [0.1, 0.15) is 17.4 Å². The van der Waals surface area contributed by atoms with E-state index in [0.717, 1.165) is 17.0 Å². The Balaban J connectivity index is 1.69. The van der Waals surface area contributed by atoms with Crippen molar-refractivity contribution in [3.05, 3.63) is 53.2 Å². The van der Waals surface area contributed by atoms with Gasteiger partial charge in [0.05, 0.1) is 12.2 Å². The summed E-state index contributed by atoms with van der Waals surface area (Å²) in [6.45, 7) is 6.07. The van der Waals surface area contributed by atoms with Gasteiger partial charge in [0.15, 0.2) is 0 Å². The SMILES string of the molecule is CC(C)(C)OC(=O)C1Cc2nc(/C=C/c3ccccc3)oc2CN1. The molecule has 1 N–H and O–H groups in total. The monoisotopic (exact) mass is 326 g/mol. The highest BCUT2D eigenvalue weighted by Crippen LogP contribution is 2.21. The summed E-state index contributed by atoms with van der Waals surface area (Å²) in [4.78, 5) is 16.7. The van der Waals surface area contributed by atoms with E-state index >= 15 is 0 Å². The molecule has 0 saturated heterocycles. The molecule has 2 aromatic rings. The Hall–Kier alpha value is -2.40. The number of aromatic nitrogens is 1. The second-order valence-electron chi connectivity index (χ2n) is 6.84. The number of hydrogen-bond acceptors (Lipinski definition) is 5. The van der Waals surface area contributed by atoms with Crippen molar-refractivity contribution in [1.29, 1.82) is 0 Å². The number of fused-ring (bicyclic) bond motifs is 1. The number of oxazole rings is 1. The first-order chi connectivity index (χ1) is 11.4. The highest BCUT2D eigenvalue weighted by molar-refractivity contribution is 5.77. The van der Waals surface area contributed by atoms with Gasteiger partial charge in [-0.3, -0.25) is 10.1 Å². The number of carbonyl (C=O) groups excluding carboxylic acids is 1. The van der Waals surface area contributed by atoms with Crippen molar-refractivity contribution in [1.82, 2.24) is 10.3 Å².